The summed E-state index contributed by atoms with van der Waals surface area (Å²) in [6.45, 7) is 2.94. The first kappa shape index (κ1) is 22.5. The number of pyridine rings is 1. The summed E-state index contributed by atoms with van der Waals surface area (Å²) in [6, 6.07) is 23.6. The highest BCUT2D eigenvalue weighted by atomic mass is 16.2. The number of imide groups is 1. The van der Waals surface area contributed by atoms with Crippen LogP contribution >= 0.6 is 0 Å². The summed E-state index contributed by atoms with van der Waals surface area (Å²) >= 11 is 0. The van der Waals surface area contributed by atoms with Gasteiger partial charge in [0.15, 0.2) is 0 Å². The van der Waals surface area contributed by atoms with Crippen molar-refractivity contribution in [2.75, 3.05) is 13.1 Å². The topological polar surface area (TPSA) is 72.5 Å². The average molecular weight is 480 g/mol. The summed E-state index contributed by atoms with van der Waals surface area (Å²) in [7, 11) is 0. The first-order valence-electron chi connectivity index (χ1n) is 12.5. The number of rotatable bonds is 6. The third-order valence-electron chi connectivity index (χ3n) is 7.60. The van der Waals surface area contributed by atoms with Crippen LogP contribution in [0.5, 0.6) is 0 Å². The predicted molar refractivity (Wildman–Crippen MR) is 138 cm³/mol. The number of carbonyl (C=O) groups excluding carboxylic acids is 2. The second-order valence-electron chi connectivity index (χ2n) is 9.73. The predicted octanol–water partition coefficient (Wildman–Crippen LogP) is 4.56. The second-order valence-corrected chi connectivity index (χ2v) is 9.73. The zero-order chi connectivity index (χ0) is 24.5. The van der Waals surface area contributed by atoms with E-state index >= 15 is 0 Å². The molecule has 4 heterocycles. The number of amides is 3. The van der Waals surface area contributed by atoms with Gasteiger partial charge in [-0.15, -0.1) is 0 Å². The number of hydrogen-bond donors (Lipinski definition) is 1. The summed E-state index contributed by atoms with van der Waals surface area (Å²) in [5.74, 6) is -0.0965. The van der Waals surface area contributed by atoms with Gasteiger partial charge in [0, 0.05) is 49.5 Å². The van der Waals surface area contributed by atoms with E-state index in [1.807, 2.05) is 59.5 Å². The number of nitrogens with one attached hydrogen (secondary N) is 1. The van der Waals surface area contributed by atoms with Gasteiger partial charge in [-0.05, 0) is 42.2 Å². The minimum Gasteiger partial charge on any atom is -0.361 e. The molecule has 7 heteroatoms. The number of carbonyl (C=O) groups is 2. The van der Waals surface area contributed by atoms with E-state index in [0.29, 0.717) is 25.1 Å². The highest BCUT2D eigenvalue weighted by Gasteiger charge is 2.57. The highest BCUT2D eigenvalue weighted by Crippen LogP contribution is 2.39. The fourth-order valence-electron chi connectivity index (χ4n) is 5.63. The smallest absolute Gasteiger partial charge is 0.328 e. The molecule has 6 rings (SSSR count). The lowest BCUT2D eigenvalue weighted by atomic mass is 9.85. The summed E-state index contributed by atoms with van der Waals surface area (Å²) in [5.41, 5.74) is 3.31. The Balaban J connectivity index is 1.25. The third-order valence-corrected chi connectivity index (χ3v) is 7.60. The van der Waals surface area contributed by atoms with Gasteiger partial charge in [-0.1, -0.05) is 54.6 Å². The van der Waals surface area contributed by atoms with Gasteiger partial charge in [0.25, 0.3) is 5.91 Å². The Morgan fingerprint density at radius 3 is 2.36 bits per heavy atom. The third kappa shape index (κ3) is 3.95. The van der Waals surface area contributed by atoms with Crippen LogP contribution in [0.4, 0.5) is 4.79 Å². The van der Waals surface area contributed by atoms with Crippen LogP contribution in [0.3, 0.4) is 0 Å². The number of aromatic nitrogens is 2. The van der Waals surface area contributed by atoms with Crippen molar-refractivity contribution in [1.82, 2.24) is 24.7 Å². The molecular weight excluding hydrogens is 450 g/mol. The molecule has 2 aliphatic heterocycles. The Bertz CT molecular complexity index is 1380. The molecule has 2 aromatic carbocycles. The fraction of sp³-hybridized carbons (Fsp3) is 0.276. The minimum atomic E-state index is -0.821. The number of fused-ring (bicyclic) bond motifs is 1. The number of likely N-dealkylation sites (tertiary alicyclic amines) is 1. The molecule has 36 heavy (non-hydrogen) atoms. The Morgan fingerprint density at radius 2 is 1.58 bits per heavy atom. The van der Waals surface area contributed by atoms with Crippen molar-refractivity contribution in [3.05, 3.63) is 102 Å². The van der Waals surface area contributed by atoms with Crippen molar-refractivity contribution >= 4 is 22.8 Å². The molecule has 0 unspecified atom stereocenters. The Kier molecular flexibility index (Phi) is 5.77. The fourth-order valence-corrected chi connectivity index (χ4v) is 5.63. The molecular formula is C29H29N5O2. The Morgan fingerprint density at radius 1 is 0.833 bits per heavy atom. The zero-order valence-electron chi connectivity index (χ0n) is 20.1. The van der Waals surface area contributed by atoms with E-state index in [0.717, 1.165) is 30.7 Å². The molecule has 4 aromatic rings. The van der Waals surface area contributed by atoms with E-state index in [1.54, 1.807) is 6.20 Å². The summed E-state index contributed by atoms with van der Waals surface area (Å²) in [4.78, 5) is 40.9. The van der Waals surface area contributed by atoms with Gasteiger partial charge in [0.1, 0.15) is 5.54 Å². The molecule has 0 aliphatic carbocycles. The highest BCUT2D eigenvalue weighted by molar-refractivity contribution is 6.07. The zero-order valence-corrected chi connectivity index (χ0v) is 20.1. The molecule has 0 saturated carbocycles. The molecule has 182 valence electrons. The lowest BCUT2D eigenvalue weighted by Gasteiger charge is -2.42. The van der Waals surface area contributed by atoms with Crippen LogP contribution in [-0.2, 0) is 24.4 Å². The van der Waals surface area contributed by atoms with E-state index in [1.165, 1.54) is 15.8 Å². The standard InChI is InChI=1S/C29H29N5O2/c35-27-29(13-16-32(17-14-29)20-23-18-31-26-12-5-4-11-25(23)26)34(19-22-8-2-1-3-9-22)28(36)33(27)21-24-10-6-7-15-30-24/h1-12,15,18,31H,13-14,16-17,19-21H2. The van der Waals surface area contributed by atoms with Gasteiger partial charge in [-0.25, -0.2) is 4.79 Å². The van der Waals surface area contributed by atoms with Crippen molar-refractivity contribution in [2.24, 2.45) is 0 Å². The van der Waals surface area contributed by atoms with Crippen molar-refractivity contribution in [3.8, 4) is 0 Å². The average Bonchev–Trinajstić information content (AvgIpc) is 3.41. The summed E-state index contributed by atoms with van der Waals surface area (Å²) in [6.07, 6.45) is 5.01. The molecule has 1 spiro atoms. The maximum atomic E-state index is 13.9. The molecule has 2 aliphatic rings. The number of urea groups is 1. The SMILES string of the molecule is O=C1N(Cc2ccccn2)C(=O)C2(CCN(Cc3c[nH]c4ccccc34)CC2)N1Cc1ccccc1. The van der Waals surface area contributed by atoms with E-state index in [2.05, 4.69) is 39.3 Å². The first-order valence-corrected chi connectivity index (χ1v) is 12.5. The van der Waals surface area contributed by atoms with Gasteiger partial charge in [-0.2, -0.15) is 0 Å². The van der Waals surface area contributed by atoms with Crippen molar-refractivity contribution in [2.45, 2.75) is 38.0 Å². The summed E-state index contributed by atoms with van der Waals surface area (Å²) in [5, 5.41) is 1.23. The maximum Gasteiger partial charge on any atom is 0.328 e. The van der Waals surface area contributed by atoms with Crippen molar-refractivity contribution in [3.63, 3.8) is 0 Å². The maximum absolute atomic E-state index is 13.9. The number of hydrogen-bond acceptors (Lipinski definition) is 4. The van der Waals surface area contributed by atoms with Gasteiger partial charge >= 0.3 is 6.03 Å². The molecule has 0 atom stereocenters. The molecule has 2 fully saturated rings. The van der Waals surface area contributed by atoms with Crippen LogP contribution in [-0.4, -0.2) is 55.2 Å². The number of benzene rings is 2. The van der Waals surface area contributed by atoms with Crippen LogP contribution in [0.1, 0.15) is 29.7 Å². The number of aromatic amines is 1. The second kappa shape index (κ2) is 9.24. The van der Waals surface area contributed by atoms with E-state index in [-0.39, 0.29) is 18.5 Å². The van der Waals surface area contributed by atoms with Crippen molar-refractivity contribution < 1.29 is 9.59 Å². The van der Waals surface area contributed by atoms with E-state index < -0.39 is 5.54 Å². The number of H-pyrrole nitrogens is 1. The van der Waals surface area contributed by atoms with E-state index in [9.17, 15) is 9.59 Å². The lowest BCUT2D eigenvalue weighted by molar-refractivity contribution is -0.136. The minimum absolute atomic E-state index is 0.0965. The largest absolute Gasteiger partial charge is 0.361 e. The number of piperidine rings is 1. The van der Waals surface area contributed by atoms with Crippen LogP contribution in [0.25, 0.3) is 10.9 Å². The van der Waals surface area contributed by atoms with Gasteiger partial charge in [0.05, 0.1) is 12.2 Å². The summed E-state index contributed by atoms with van der Waals surface area (Å²) < 4.78 is 0. The van der Waals surface area contributed by atoms with E-state index in [4.69, 9.17) is 0 Å². The molecule has 3 amide bonds. The monoisotopic (exact) mass is 479 g/mol. The van der Waals surface area contributed by atoms with Crippen molar-refractivity contribution in [1.29, 1.82) is 0 Å². The molecule has 2 saturated heterocycles. The number of nitrogens with zero attached hydrogens (tertiary/aromatic N) is 4. The van der Waals surface area contributed by atoms with Gasteiger partial charge in [-0.3, -0.25) is 19.6 Å². The Hall–Kier alpha value is -3.97. The number of para-hydroxylation sites is 1. The van der Waals surface area contributed by atoms with Crippen LogP contribution < -0.4 is 0 Å². The normalized spacial score (nSPS) is 18.0. The lowest BCUT2D eigenvalue weighted by Crippen LogP contribution is -2.56. The van der Waals surface area contributed by atoms with Crippen LogP contribution in [0.2, 0.25) is 0 Å². The Labute approximate surface area is 210 Å². The molecule has 0 radical (unpaired) electrons. The van der Waals surface area contributed by atoms with Crippen LogP contribution in [0.15, 0.2) is 85.2 Å². The quantitative estimate of drug-likeness (QED) is 0.412. The van der Waals surface area contributed by atoms with Gasteiger partial charge < -0.3 is 9.88 Å². The first-order chi connectivity index (χ1) is 17.6. The van der Waals surface area contributed by atoms with Crippen LogP contribution in [0, 0.1) is 0 Å². The molecule has 1 N–H and O–H groups in total. The molecule has 7 nitrogen and oxygen atoms in total. The van der Waals surface area contributed by atoms with Gasteiger partial charge in [0.2, 0.25) is 0 Å². The molecule has 2 aromatic heterocycles. The molecule has 0 bridgehead atoms.